The van der Waals surface area contributed by atoms with E-state index in [1.165, 1.54) is 186 Å². The number of carbonyl (C=O) groups is 4. The third-order valence-corrected chi connectivity index (χ3v) is 20.5. The molecule has 0 saturated heterocycles. The van der Waals surface area contributed by atoms with Crippen LogP contribution >= 0.6 is 15.6 Å². The second-order valence-corrected chi connectivity index (χ2v) is 31.2. The number of phosphoric ester groups is 2. The molecular weight excluding hydrogens is 1280 g/mol. The molecule has 0 aliphatic carbocycles. The molecular formula is C79H150O17P2. The normalized spacial score (nSPS) is 14.7. The fourth-order valence-electron chi connectivity index (χ4n) is 11.6. The Balaban J connectivity index is 5.30. The van der Waals surface area contributed by atoms with E-state index in [0.29, 0.717) is 25.7 Å². The number of phosphoric acid groups is 2. The molecule has 578 valence electrons. The maximum Gasteiger partial charge on any atom is 0.472 e. The summed E-state index contributed by atoms with van der Waals surface area (Å²) in [5.74, 6) is -0.496. The predicted octanol–water partition coefficient (Wildman–Crippen LogP) is 23.1. The molecule has 0 spiro atoms. The highest BCUT2D eigenvalue weighted by Gasteiger charge is 2.30. The lowest BCUT2D eigenvalue weighted by atomic mass is 9.99. The average molecular weight is 1430 g/mol. The van der Waals surface area contributed by atoms with Crippen LogP contribution in [0.5, 0.6) is 0 Å². The molecule has 0 amide bonds. The third-order valence-electron chi connectivity index (χ3n) is 18.6. The summed E-state index contributed by atoms with van der Waals surface area (Å²) in [6, 6.07) is 0. The van der Waals surface area contributed by atoms with Crippen molar-refractivity contribution in [1.82, 2.24) is 0 Å². The summed E-state index contributed by atoms with van der Waals surface area (Å²) in [5.41, 5.74) is 0. The van der Waals surface area contributed by atoms with Crippen LogP contribution < -0.4 is 0 Å². The van der Waals surface area contributed by atoms with Gasteiger partial charge in [-0.2, -0.15) is 0 Å². The summed E-state index contributed by atoms with van der Waals surface area (Å²) in [6.45, 7) is 9.63. The molecule has 0 aliphatic heterocycles. The Labute approximate surface area is 599 Å². The van der Waals surface area contributed by atoms with Gasteiger partial charge in [-0.3, -0.25) is 37.3 Å². The molecule has 3 N–H and O–H groups in total. The molecule has 17 nitrogen and oxygen atoms in total. The van der Waals surface area contributed by atoms with Crippen LogP contribution in [0.25, 0.3) is 0 Å². The Kier molecular flexibility index (Phi) is 68.5. The van der Waals surface area contributed by atoms with Gasteiger partial charge in [-0.05, 0) is 63.2 Å². The van der Waals surface area contributed by atoms with Gasteiger partial charge in [0.15, 0.2) is 12.2 Å². The topological polar surface area (TPSA) is 237 Å². The number of esters is 4. The van der Waals surface area contributed by atoms with Gasteiger partial charge in [0.1, 0.15) is 19.3 Å². The van der Waals surface area contributed by atoms with Crippen molar-refractivity contribution in [2.75, 3.05) is 39.6 Å². The van der Waals surface area contributed by atoms with Crippen molar-refractivity contribution in [2.45, 2.75) is 407 Å². The molecule has 0 fully saturated rings. The molecule has 0 heterocycles. The Hall–Kier alpha value is -2.46. The lowest BCUT2D eigenvalue weighted by Gasteiger charge is -2.21. The van der Waals surface area contributed by atoms with Crippen LogP contribution in [0, 0.1) is 11.8 Å². The van der Waals surface area contributed by atoms with Gasteiger partial charge in [0.2, 0.25) is 0 Å². The van der Waals surface area contributed by atoms with Crippen molar-refractivity contribution in [1.29, 1.82) is 0 Å². The van der Waals surface area contributed by atoms with Gasteiger partial charge >= 0.3 is 39.5 Å². The molecule has 19 heteroatoms. The minimum atomic E-state index is -4.97. The number of ether oxygens (including phenoxy) is 4. The first-order chi connectivity index (χ1) is 47.4. The van der Waals surface area contributed by atoms with E-state index < -0.39 is 97.5 Å². The van der Waals surface area contributed by atoms with Crippen molar-refractivity contribution >= 4 is 39.5 Å². The number of carbonyl (C=O) groups excluding carboxylic acids is 4. The van der Waals surface area contributed by atoms with E-state index in [0.717, 1.165) is 121 Å². The summed E-state index contributed by atoms with van der Waals surface area (Å²) in [6.07, 6.45) is 61.6. The second-order valence-electron chi connectivity index (χ2n) is 28.3. The van der Waals surface area contributed by atoms with Crippen molar-refractivity contribution < 1.29 is 80.2 Å². The largest absolute Gasteiger partial charge is 0.472 e. The highest BCUT2D eigenvalue weighted by atomic mass is 31.2. The minimum absolute atomic E-state index is 0.101. The molecule has 0 bridgehead atoms. The molecule has 0 aromatic carbocycles. The molecule has 0 rings (SSSR count). The van der Waals surface area contributed by atoms with E-state index in [2.05, 4.69) is 65.8 Å². The fourth-order valence-corrected chi connectivity index (χ4v) is 13.2. The third kappa shape index (κ3) is 69.3. The summed E-state index contributed by atoms with van der Waals surface area (Å²) >= 11 is 0. The highest BCUT2D eigenvalue weighted by molar-refractivity contribution is 7.47. The number of aliphatic hydroxyl groups excluding tert-OH is 1. The second kappa shape index (κ2) is 70.2. The smallest absolute Gasteiger partial charge is 0.462 e. The zero-order valence-electron chi connectivity index (χ0n) is 63.6. The first-order valence-corrected chi connectivity index (χ1v) is 43.4. The van der Waals surface area contributed by atoms with Crippen LogP contribution in [0.2, 0.25) is 0 Å². The standard InChI is InChI=1S/C79H150O17P2/c1-7-11-13-15-17-19-21-22-23-27-31-38-44-50-56-62-77(82)90-68-74(95-78(83)63-57-51-45-39-32-28-25-24-26-30-35-41-47-53-59-71(5)9-3)69-93-97(85,86)91-65-73(80)66-92-98(87,88)94-70-75(67-89-76(81)61-55-49-43-37-29-20-18-16-14-12-8-2)96-79(84)64-58-52-46-40-34-33-36-42-48-54-60-72(6)10-4/h19,21-23,71-75,80H,7-18,20,24-70H2,1-6H3,(H,85,86)(H,87,88)/b21-19-,23-22-/t71?,72?,73-,74-,75-/m1/s1. The summed E-state index contributed by atoms with van der Waals surface area (Å²) < 4.78 is 68.6. The lowest BCUT2D eigenvalue weighted by molar-refractivity contribution is -0.161. The molecule has 4 unspecified atom stereocenters. The molecule has 0 radical (unpaired) electrons. The van der Waals surface area contributed by atoms with Gasteiger partial charge in [-0.1, -0.05) is 336 Å². The van der Waals surface area contributed by atoms with Gasteiger partial charge in [0.05, 0.1) is 26.4 Å². The zero-order valence-corrected chi connectivity index (χ0v) is 65.4. The van der Waals surface area contributed by atoms with E-state index in [9.17, 15) is 43.2 Å². The van der Waals surface area contributed by atoms with Gasteiger partial charge in [-0.15, -0.1) is 0 Å². The summed E-state index contributed by atoms with van der Waals surface area (Å²) in [7, 11) is -9.93. The predicted molar refractivity (Wildman–Crippen MR) is 400 cm³/mol. The van der Waals surface area contributed by atoms with E-state index in [1.54, 1.807) is 0 Å². The van der Waals surface area contributed by atoms with Gasteiger partial charge < -0.3 is 33.8 Å². The van der Waals surface area contributed by atoms with Crippen LogP contribution in [0.4, 0.5) is 0 Å². The minimum Gasteiger partial charge on any atom is -0.462 e. The van der Waals surface area contributed by atoms with Crippen LogP contribution in [0.3, 0.4) is 0 Å². The van der Waals surface area contributed by atoms with Crippen LogP contribution in [-0.4, -0.2) is 96.7 Å². The van der Waals surface area contributed by atoms with Gasteiger partial charge in [0.25, 0.3) is 0 Å². The van der Waals surface area contributed by atoms with E-state index in [1.807, 2.05) is 0 Å². The summed E-state index contributed by atoms with van der Waals surface area (Å²) in [5, 5.41) is 10.6. The monoisotopic (exact) mass is 1430 g/mol. The number of aliphatic hydroxyl groups is 1. The number of unbranched alkanes of at least 4 members (excludes halogenated alkanes) is 41. The zero-order chi connectivity index (χ0) is 72.1. The van der Waals surface area contributed by atoms with Crippen molar-refractivity contribution in [2.24, 2.45) is 11.8 Å². The molecule has 0 aliphatic rings. The van der Waals surface area contributed by atoms with Crippen LogP contribution in [-0.2, 0) is 65.4 Å². The Bertz CT molecular complexity index is 1990. The van der Waals surface area contributed by atoms with Crippen LogP contribution in [0.15, 0.2) is 24.3 Å². The first-order valence-electron chi connectivity index (χ1n) is 40.4. The molecule has 7 atom stereocenters. The SMILES string of the molecule is CCCCCC/C=C\C=C/CCCCCCCC(=O)OC[C@H](COP(=O)(O)OC[C@@H](O)COP(=O)(O)OC[C@@H](COC(=O)CCCCCCCCCCCCC)OC(=O)CCCCCCCCCCCCC(C)CC)OC(=O)CCCCCCCCCCCCCCCCC(C)CC. The maximum atomic E-state index is 13.1. The molecule has 0 aromatic heterocycles. The highest BCUT2D eigenvalue weighted by Crippen LogP contribution is 2.45. The van der Waals surface area contributed by atoms with Crippen molar-refractivity contribution in [3.05, 3.63) is 24.3 Å². The van der Waals surface area contributed by atoms with Gasteiger partial charge in [0, 0.05) is 25.7 Å². The van der Waals surface area contributed by atoms with E-state index >= 15 is 0 Å². The number of rotatable bonds is 76. The van der Waals surface area contributed by atoms with Crippen molar-refractivity contribution in [3.8, 4) is 0 Å². The van der Waals surface area contributed by atoms with E-state index in [-0.39, 0.29) is 25.7 Å². The van der Waals surface area contributed by atoms with Crippen LogP contribution in [0.1, 0.15) is 388 Å². The lowest BCUT2D eigenvalue weighted by Crippen LogP contribution is -2.30. The Morgan fingerprint density at radius 2 is 0.571 bits per heavy atom. The molecule has 98 heavy (non-hydrogen) atoms. The maximum absolute atomic E-state index is 13.1. The number of allylic oxidation sites excluding steroid dienone is 4. The van der Waals surface area contributed by atoms with Crippen molar-refractivity contribution in [3.63, 3.8) is 0 Å². The first kappa shape index (κ1) is 95.5. The number of hydrogen-bond donors (Lipinski definition) is 3. The summed E-state index contributed by atoms with van der Waals surface area (Å²) in [4.78, 5) is 72.9. The number of hydrogen-bond acceptors (Lipinski definition) is 15. The Morgan fingerprint density at radius 1 is 0.327 bits per heavy atom. The quantitative estimate of drug-likeness (QED) is 0.0169. The average Bonchev–Trinajstić information content (AvgIpc) is 1.22. The Morgan fingerprint density at radius 3 is 0.867 bits per heavy atom. The van der Waals surface area contributed by atoms with E-state index in [4.69, 9.17) is 37.0 Å². The fraction of sp³-hybridized carbons (Fsp3) is 0.899. The van der Waals surface area contributed by atoms with Gasteiger partial charge in [-0.25, -0.2) is 9.13 Å². The molecule has 0 saturated carbocycles. The molecule has 0 aromatic rings.